The summed E-state index contributed by atoms with van der Waals surface area (Å²) in [6, 6.07) is 29.9. The van der Waals surface area contributed by atoms with E-state index in [4.69, 9.17) is 36.9 Å². The van der Waals surface area contributed by atoms with Crippen molar-refractivity contribution in [1.82, 2.24) is 5.32 Å². The van der Waals surface area contributed by atoms with Crippen LogP contribution in [0, 0.1) is 0 Å². The standard InChI is InChI=1S/C28H32N2O4S/c29-28(35)30-24-19-32-25(20-31-16-21-10-4-1-5-11-21)27(34-18-23-14-8-3-9-15-23)26(24)33-17-22-12-6-2-7-13-22/h1-15,24-27H,16-20H2,(H3,29,30,35)/t24-,25?,26?,27?/m1/s1. The molecule has 184 valence electrons. The summed E-state index contributed by atoms with van der Waals surface area (Å²) < 4.78 is 25.1. The molecule has 3 aromatic carbocycles. The van der Waals surface area contributed by atoms with Crippen molar-refractivity contribution >= 4 is 17.3 Å². The van der Waals surface area contributed by atoms with E-state index < -0.39 is 6.10 Å². The smallest absolute Gasteiger partial charge is 0.164 e. The van der Waals surface area contributed by atoms with E-state index in [-0.39, 0.29) is 23.4 Å². The lowest BCUT2D eigenvalue weighted by atomic mass is 9.97. The Kier molecular flexibility index (Phi) is 9.63. The van der Waals surface area contributed by atoms with E-state index in [9.17, 15) is 0 Å². The molecular formula is C28H32N2O4S. The summed E-state index contributed by atoms with van der Waals surface area (Å²) in [6.45, 7) is 2.11. The van der Waals surface area contributed by atoms with Crippen LogP contribution >= 0.6 is 12.2 Å². The van der Waals surface area contributed by atoms with Crippen LogP contribution in [0.1, 0.15) is 16.7 Å². The molecule has 4 rings (SSSR count). The fourth-order valence-corrected chi connectivity index (χ4v) is 4.27. The summed E-state index contributed by atoms with van der Waals surface area (Å²) in [6.07, 6.45) is -1.05. The normalized spacial score (nSPS) is 21.9. The van der Waals surface area contributed by atoms with Gasteiger partial charge >= 0.3 is 0 Å². The Morgan fingerprint density at radius 2 is 1.26 bits per heavy atom. The molecule has 4 atom stereocenters. The van der Waals surface area contributed by atoms with E-state index in [1.807, 2.05) is 91.0 Å². The van der Waals surface area contributed by atoms with Crippen LogP contribution in [0.3, 0.4) is 0 Å². The fourth-order valence-electron chi connectivity index (χ4n) is 4.12. The van der Waals surface area contributed by atoms with E-state index in [0.29, 0.717) is 33.0 Å². The van der Waals surface area contributed by atoms with Crippen LogP contribution in [0.15, 0.2) is 91.0 Å². The molecule has 6 nitrogen and oxygen atoms in total. The minimum Gasteiger partial charge on any atom is -0.376 e. The van der Waals surface area contributed by atoms with Crippen molar-refractivity contribution in [3.8, 4) is 0 Å². The summed E-state index contributed by atoms with van der Waals surface area (Å²) in [5, 5.41) is 3.34. The molecule has 1 saturated heterocycles. The van der Waals surface area contributed by atoms with Gasteiger partial charge in [-0.2, -0.15) is 0 Å². The van der Waals surface area contributed by atoms with Crippen molar-refractivity contribution in [2.24, 2.45) is 5.73 Å². The average Bonchev–Trinajstić information content (AvgIpc) is 2.89. The van der Waals surface area contributed by atoms with E-state index in [0.717, 1.165) is 16.7 Å². The second-order valence-electron chi connectivity index (χ2n) is 8.51. The SMILES string of the molecule is NC(=S)N[C@@H]1COC(COCc2ccccc2)C(OCc2ccccc2)C1OCc1ccccc1. The number of nitrogens with one attached hydrogen (secondary N) is 1. The van der Waals surface area contributed by atoms with Crippen molar-refractivity contribution in [3.05, 3.63) is 108 Å². The van der Waals surface area contributed by atoms with Crippen molar-refractivity contribution in [2.45, 2.75) is 44.2 Å². The molecule has 35 heavy (non-hydrogen) atoms. The number of nitrogens with two attached hydrogens (primary N) is 1. The molecule has 1 heterocycles. The Balaban J connectivity index is 1.49. The topological polar surface area (TPSA) is 75.0 Å². The number of rotatable bonds is 11. The first-order chi connectivity index (χ1) is 17.2. The summed E-state index contributed by atoms with van der Waals surface area (Å²) >= 11 is 5.13. The molecule has 0 bridgehead atoms. The van der Waals surface area contributed by atoms with Crippen molar-refractivity contribution in [2.75, 3.05) is 13.2 Å². The molecule has 1 fully saturated rings. The van der Waals surface area contributed by atoms with Gasteiger partial charge in [-0.1, -0.05) is 91.0 Å². The third kappa shape index (κ3) is 7.85. The monoisotopic (exact) mass is 492 g/mol. The van der Waals surface area contributed by atoms with E-state index in [1.54, 1.807) is 0 Å². The van der Waals surface area contributed by atoms with Gasteiger partial charge in [-0.25, -0.2) is 0 Å². The largest absolute Gasteiger partial charge is 0.376 e. The first kappa shape index (κ1) is 25.3. The van der Waals surface area contributed by atoms with Crippen LogP contribution in [-0.2, 0) is 38.8 Å². The third-order valence-electron chi connectivity index (χ3n) is 5.87. The molecule has 0 spiro atoms. The van der Waals surface area contributed by atoms with E-state index >= 15 is 0 Å². The van der Waals surface area contributed by atoms with Gasteiger partial charge in [0.2, 0.25) is 0 Å². The van der Waals surface area contributed by atoms with Gasteiger partial charge in [-0.15, -0.1) is 0 Å². The summed E-state index contributed by atoms with van der Waals surface area (Å²) in [7, 11) is 0. The van der Waals surface area contributed by atoms with Gasteiger partial charge in [0.1, 0.15) is 18.3 Å². The zero-order chi connectivity index (χ0) is 24.3. The molecule has 3 N–H and O–H groups in total. The number of ether oxygens (including phenoxy) is 4. The predicted octanol–water partition coefficient (Wildman–Crippen LogP) is 3.97. The van der Waals surface area contributed by atoms with Crippen LogP contribution in [0.5, 0.6) is 0 Å². The Hall–Kier alpha value is -2.81. The average molecular weight is 493 g/mol. The highest BCUT2D eigenvalue weighted by molar-refractivity contribution is 7.80. The Bertz CT molecular complexity index is 1020. The van der Waals surface area contributed by atoms with Crippen LogP contribution in [0.2, 0.25) is 0 Å². The van der Waals surface area contributed by atoms with E-state index in [1.165, 1.54) is 0 Å². The maximum Gasteiger partial charge on any atom is 0.164 e. The highest BCUT2D eigenvalue weighted by Gasteiger charge is 2.42. The van der Waals surface area contributed by atoms with Crippen molar-refractivity contribution in [1.29, 1.82) is 0 Å². The Labute approximate surface area is 212 Å². The molecule has 0 amide bonds. The lowest BCUT2D eigenvalue weighted by Crippen LogP contribution is -2.62. The van der Waals surface area contributed by atoms with Crippen molar-refractivity contribution in [3.63, 3.8) is 0 Å². The zero-order valence-electron chi connectivity index (χ0n) is 19.6. The molecule has 0 radical (unpaired) electrons. The number of hydrogen-bond acceptors (Lipinski definition) is 5. The van der Waals surface area contributed by atoms with Gasteiger partial charge < -0.3 is 30.0 Å². The maximum atomic E-state index is 6.44. The highest BCUT2D eigenvalue weighted by atomic mass is 32.1. The van der Waals surface area contributed by atoms with Gasteiger partial charge in [0.05, 0.1) is 39.1 Å². The quantitative estimate of drug-likeness (QED) is 0.392. The molecule has 0 aliphatic carbocycles. The second-order valence-corrected chi connectivity index (χ2v) is 8.95. The summed E-state index contributed by atoms with van der Waals surface area (Å²) in [5.74, 6) is 0. The molecule has 3 unspecified atom stereocenters. The second kappa shape index (κ2) is 13.3. The first-order valence-corrected chi connectivity index (χ1v) is 12.2. The molecular weight excluding hydrogens is 460 g/mol. The predicted molar refractivity (Wildman–Crippen MR) is 140 cm³/mol. The van der Waals surface area contributed by atoms with Gasteiger partial charge in [-0.3, -0.25) is 0 Å². The zero-order valence-corrected chi connectivity index (χ0v) is 20.4. The van der Waals surface area contributed by atoms with E-state index in [2.05, 4.69) is 5.32 Å². The van der Waals surface area contributed by atoms with Crippen LogP contribution in [0.25, 0.3) is 0 Å². The molecule has 1 aliphatic rings. The fraction of sp³-hybridized carbons (Fsp3) is 0.321. The molecule has 7 heteroatoms. The van der Waals surface area contributed by atoms with Gasteiger partial charge in [-0.05, 0) is 28.9 Å². The van der Waals surface area contributed by atoms with Gasteiger partial charge in [0.15, 0.2) is 5.11 Å². The number of thiocarbonyl (C=S) groups is 1. The first-order valence-electron chi connectivity index (χ1n) is 11.8. The number of benzene rings is 3. The molecule has 3 aromatic rings. The lowest BCUT2D eigenvalue weighted by Gasteiger charge is -2.42. The van der Waals surface area contributed by atoms with Crippen LogP contribution < -0.4 is 11.1 Å². The maximum absolute atomic E-state index is 6.44. The third-order valence-corrected chi connectivity index (χ3v) is 5.99. The Morgan fingerprint density at radius 3 is 1.77 bits per heavy atom. The summed E-state index contributed by atoms with van der Waals surface area (Å²) in [5.41, 5.74) is 9.08. The molecule has 1 aliphatic heterocycles. The molecule has 0 saturated carbocycles. The minimum absolute atomic E-state index is 0.201. The summed E-state index contributed by atoms with van der Waals surface area (Å²) in [4.78, 5) is 0. The Morgan fingerprint density at radius 1 is 0.771 bits per heavy atom. The van der Waals surface area contributed by atoms with Gasteiger partial charge in [0.25, 0.3) is 0 Å². The van der Waals surface area contributed by atoms with Gasteiger partial charge in [0, 0.05) is 0 Å². The van der Waals surface area contributed by atoms with Crippen LogP contribution in [-0.4, -0.2) is 42.7 Å². The van der Waals surface area contributed by atoms with Crippen LogP contribution in [0.4, 0.5) is 0 Å². The number of hydrogen-bond donors (Lipinski definition) is 2. The lowest BCUT2D eigenvalue weighted by molar-refractivity contribution is -0.206. The van der Waals surface area contributed by atoms with Crippen molar-refractivity contribution < 1.29 is 18.9 Å². The molecule has 0 aromatic heterocycles. The minimum atomic E-state index is -0.393. The highest BCUT2D eigenvalue weighted by Crippen LogP contribution is 2.25.